The highest BCUT2D eigenvalue weighted by Crippen LogP contribution is 2.46. The second-order valence-electron chi connectivity index (χ2n) is 13.3. The smallest absolute Gasteiger partial charge is 0.0656 e. The highest BCUT2D eigenvalue weighted by Gasteiger charge is 2.23. The van der Waals surface area contributed by atoms with Gasteiger partial charge in [0.15, 0.2) is 0 Å². The maximum Gasteiger partial charge on any atom is 0.0784 e. The van der Waals surface area contributed by atoms with E-state index in [-0.39, 0.29) is 0 Å². The molecule has 8 rings (SSSR count). The highest BCUT2D eigenvalue weighted by atomic mass is 28.3. The van der Waals surface area contributed by atoms with Crippen molar-refractivity contribution in [3.8, 4) is 44.5 Å². The summed E-state index contributed by atoms with van der Waals surface area (Å²) in [6, 6.07) is 60.5. The lowest BCUT2D eigenvalue weighted by Gasteiger charge is -2.23. The van der Waals surface area contributed by atoms with E-state index >= 15 is 0 Å². The Morgan fingerprint density at radius 3 is 1.17 bits per heavy atom. The first-order chi connectivity index (χ1) is 22.5. The zero-order valence-corrected chi connectivity index (χ0v) is 27.6. The van der Waals surface area contributed by atoms with Crippen LogP contribution in [0.2, 0.25) is 19.6 Å². The fraction of sp³-hybridized carbons (Fsp3) is 0.0667. The Morgan fingerprint density at radius 1 is 0.304 bits per heavy atom. The van der Waals surface area contributed by atoms with Crippen LogP contribution in [-0.2, 0) is 0 Å². The molecule has 0 fully saturated rings. The van der Waals surface area contributed by atoms with E-state index in [1.54, 1.807) is 0 Å². The van der Waals surface area contributed by atoms with Gasteiger partial charge in [0.05, 0.1) is 8.07 Å². The standard InChI is InChI=1S/C45H36Si/c1-46(2,3)43-27-26-42(36-20-10-11-21-37(36)43)45-40-24-14-12-22-38(40)44(39-23-13-15-25-41(39)45)35-29-33(31-16-6-4-7-17-31)28-34(30-35)32-18-8-5-9-19-32/h4-30H,1-3H3. The molecule has 0 radical (unpaired) electrons. The van der Waals surface area contributed by atoms with Gasteiger partial charge in [-0.3, -0.25) is 0 Å². The number of rotatable bonds is 5. The maximum absolute atomic E-state index is 2.45. The number of benzene rings is 8. The van der Waals surface area contributed by atoms with Crippen molar-refractivity contribution in [3.63, 3.8) is 0 Å². The fourth-order valence-corrected chi connectivity index (χ4v) is 8.88. The quantitative estimate of drug-likeness (QED) is 0.135. The second kappa shape index (κ2) is 11.3. The lowest BCUT2D eigenvalue weighted by atomic mass is 9.83. The molecule has 1 heteroatoms. The molecule has 0 atom stereocenters. The summed E-state index contributed by atoms with van der Waals surface area (Å²) in [6.07, 6.45) is 0. The number of fused-ring (bicyclic) bond motifs is 3. The van der Waals surface area contributed by atoms with Gasteiger partial charge in [-0.15, -0.1) is 0 Å². The molecule has 0 bridgehead atoms. The Morgan fingerprint density at radius 2 is 0.696 bits per heavy atom. The van der Waals surface area contributed by atoms with Crippen molar-refractivity contribution in [1.29, 1.82) is 0 Å². The summed E-state index contributed by atoms with van der Waals surface area (Å²) in [5.41, 5.74) is 10.0. The summed E-state index contributed by atoms with van der Waals surface area (Å²) in [7, 11) is -1.55. The molecule has 0 amide bonds. The van der Waals surface area contributed by atoms with E-state index in [0.29, 0.717) is 0 Å². The van der Waals surface area contributed by atoms with Gasteiger partial charge < -0.3 is 0 Å². The largest absolute Gasteiger partial charge is 0.0784 e. The Labute approximate surface area is 272 Å². The molecule has 8 aromatic carbocycles. The molecule has 8 aromatic rings. The van der Waals surface area contributed by atoms with E-state index in [2.05, 4.69) is 183 Å². The van der Waals surface area contributed by atoms with Gasteiger partial charge in [0.2, 0.25) is 0 Å². The van der Waals surface area contributed by atoms with Gasteiger partial charge >= 0.3 is 0 Å². The molecule has 0 aliphatic rings. The van der Waals surface area contributed by atoms with Gasteiger partial charge in [-0.05, 0) is 95.0 Å². The van der Waals surface area contributed by atoms with Crippen LogP contribution in [0.15, 0.2) is 164 Å². The molecular weight excluding hydrogens is 569 g/mol. The summed E-state index contributed by atoms with van der Waals surface area (Å²) in [5.74, 6) is 0. The predicted molar refractivity (Wildman–Crippen MR) is 204 cm³/mol. The molecule has 0 saturated heterocycles. The summed E-state index contributed by atoms with van der Waals surface area (Å²) in [6.45, 7) is 7.34. The van der Waals surface area contributed by atoms with E-state index < -0.39 is 8.07 Å². The third-order valence-corrected chi connectivity index (χ3v) is 11.4. The molecule has 0 heterocycles. The summed E-state index contributed by atoms with van der Waals surface area (Å²) in [4.78, 5) is 0. The van der Waals surface area contributed by atoms with Crippen molar-refractivity contribution in [1.82, 2.24) is 0 Å². The third-order valence-electron chi connectivity index (χ3n) is 9.37. The van der Waals surface area contributed by atoms with Crippen LogP contribution in [0.25, 0.3) is 76.8 Å². The van der Waals surface area contributed by atoms with Crippen LogP contribution in [0.3, 0.4) is 0 Å². The molecule has 0 N–H and O–H groups in total. The zero-order valence-electron chi connectivity index (χ0n) is 26.6. The van der Waals surface area contributed by atoms with Gasteiger partial charge in [-0.25, -0.2) is 0 Å². The van der Waals surface area contributed by atoms with E-state index in [1.165, 1.54) is 82.0 Å². The van der Waals surface area contributed by atoms with Crippen molar-refractivity contribution < 1.29 is 0 Å². The SMILES string of the molecule is C[Si](C)(C)c1ccc(-c2c3ccccc3c(-c3cc(-c4ccccc4)cc(-c4ccccc4)c3)c3ccccc23)c2ccccc12. The minimum Gasteiger partial charge on any atom is -0.0656 e. The van der Waals surface area contributed by atoms with Crippen molar-refractivity contribution in [2.45, 2.75) is 19.6 Å². The monoisotopic (exact) mass is 604 g/mol. The van der Waals surface area contributed by atoms with Gasteiger partial charge in [0.1, 0.15) is 0 Å². The Bertz CT molecular complexity index is 2260. The minimum atomic E-state index is -1.55. The topological polar surface area (TPSA) is 0 Å². The molecule has 46 heavy (non-hydrogen) atoms. The van der Waals surface area contributed by atoms with Gasteiger partial charge in [0.25, 0.3) is 0 Å². The fourth-order valence-electron chi connectivity index (χ4n) is 7.27. The Kier molecular flexibility index (Phi) is 6.93. The summed E-state index contributed by atoms with van der Waals surface area (Å²) < 4.78 is 0. The Hall–Kier alpha value is -5.24. The maximum atomic E-state index is 2.45. The Balaban J connectivity index is 1.48. The molecule has 0 aliphatic heterocycles. The third kappa shape index (κ3) is 4.85. The van der Waals surface area contributed by atoms with E-state index in [0.717, 1.165) is 0 Å². The molecule has 0 aromatic heterocycles. The van der Waals surface area contributed by atoms with Crippen LogP contribution in [0, 0.1) is 0 Å². The summed E-state index contributed by atoms with van der Waals surface area (Å²) in [5, 5.41) is 9.37. The average molecular weight is 605 g/mol. The van der Waals surface area contributed by atoms with Crippen molar-refractivity contribution in [3.05, 3.63) is 164 Å². The van der Waals surface area contributed by atoms with Crippen molar-refractivity contribution >= 4 is 45.6 Å². The first kappa shape index (κ1) is 28.2. The van der Waals surface area contributed by atoms with E-state index in [4.69, 9.17) is 0 Å². The molecule has 0 saturated carbocycles. The molecule has 220 valence electrons. The summed E-state index contributed by atoms with van der Waals surface area (Å²) >= 11 is 0. The number of hydrogen-bond acceptors (Lipinski definition) is 0. The first-order valence-electron chi connectivity index (χ1n) is 16.2. The van der Waals surface area contributed by atoms with E-state index in [9.17, 15) is 0 Å². The predicted octanol–water partition coefficient (Wildman–Crippen LogP) is 12.4. The van der Waals surface area contributed by atoms with Gasteiger partial charge in [0, 0.05) is 0 Å². The van der Waals surface area contributed by atoms with Crippen molar-refractivity contribution in [2.24, 2.45) is 0 Å². The second-order valence-corrected chi connectivity index (χ2v) is 18.4. The van der Waals surface area contributed by atoms with Crippen LogP contribution >= 0.6 is 0 Å². The average Bonchev–Trinajstić information content (AvgIpc) is 3.10. The molecular formula is C45H36Si. The van der Waals surface area contributed by atoms with Crippen LogP contribution in [0.5, 0.6) is 0 Å². The lowest BCUT2D eigenvalue weighted by Crippen LogP contribution is -2.38. The molecule has 0 aliphatic carbocycles. The lowest BCUT2D eigenvalue weighted by molar-refractivity contribution is 1.58. The minimum absolute atomic E-state index is 1.22. The van der Waals surface area contributed by atoms with Crippen LogP contribution in [0.4, 0.5) is 0 Å². The van der Waals surface area contributed by atoms with E-state index in [1.807, 2.05) is 0 Å². The first-order valence-corrected chi connectivity index (χ1v) is 19.7. The molecule has 0 nitrogen and oxygen atoms in total. The highest BCUT2D eigenvalue weighted by molar-refractivity contribution is 6.90. The molecule has 0 spiro atoms. The zero-order chi connectivity index (χ0) is 31.3. The van der Waals surface area contributed by atoms with Gasteiger partial charge in [-0.2, -0.15) is 0 Å². The van der Waals surface area contributed by atoms with Crippen LogP contribution in [0.1, 0.15) is 0 Å². The van der Waals surface area contributed by atoms with Gasteiger partial charge in [-0.1, -0.05) is 170 Å². The van der Waals surface area contributed by atoms with Crippen molar-refractivity contribution in [2.75, 3.05) is 0 Å². The van der Waals surface area contributed by atoms with Crippen LogP contribution in [-0.4, -0.2) is 8.07 Å². The molecule has 0 unspecified atom stereocenters. The normalized spacial score (nSPS) is 11.8. The van der Waals surface area contributed by atoms with Crippen LogP contribution < -0.4 is 5.19 Å². The number of hydrogen-bond donors (Lipinski definition) is 0.